The van der Waals surface area contributed by atoms with Gasteiger partial charge in [0.15, 0.2) is 0 Å². The molecule has 5 aromatic carbocycles. The number of pyridine rings is 1. The van der Waals surface area contributed by atoms with Crippen LogP contribution < -0.4 is 0 Å². The smallest absolute Gasteiger partial charge is 0.0636 e. The van der Waals surface area contributed by atoms with Crippen molar-refractivity contribution in [2.75, 3.05) is 0 Å². The van der Waals surface area contributed by atoms with Crippen LogP contribution in [0.3, 0.4) is 0 Å². The van der Waals surface area contributed by atoms with Crippen LogP contribution in [0, 0.1) is 25.7 Å². The molecule has 0 unspecified atom stereocenters. The molecule has 190 valence electrons. The normalized spacial score (nSPS) is 11.3. The van der Waals surface area contributed by atoms with Crippen LogP contribution in [-0.2, 0) is 0 Å². The van der Waals surface area contributed by atoms with Gasteiger partial charge in [-0.2, -0.15) is 0 Å². The minimum Gasteiger partial charge on any atom is -0.256 e. The highest BCUT2D eigenvalue weighted by Gasteiger charge is 2.00. The van der Waals surface area contributed by atoms with E-state index in [-0.39, 0.29) is 0 Å². The van der Waals surface area contributed by atoms with Gasteiger partial charge in [-0.25, -0.2) is 0 Å². The van der Waals surface area contributed by atoms with E-state index in [0.29, 0.717) is 0 Å². The average molecular weight is 512 g/mol. The highest BCUT2D eigenvalue weighted by atomic mass is 14.7. The number of hydrogen-bond donors (Lipinski definition) is 0. The SMILES string of the molecule is Cc1ccc(/C=C/c2ccc3cc(C#Cc4ccc5cc(/C=C/c6ccc(C)cc6)ncc5c4)ccc3c2)cc1. The third-order valence-corrected chi connectivity index (χ3v) is 7.03. The standard InChI is InChI=1S/C39H29N/c1-28-3-7-30(8-4-28)11-12-32-15-19-36-24-33(16-20-35(36)23-32)13-14-34-17-21-37-26-39(40-27-38(37)25-34)22-18-31-9-5-29(2)6-10-31/h3-12,15-27H,1-2H3/b12-11+,22-18+. The van der Waals surface area contributed by atoms with Crippen LogP contribution in [0.1, 0.15) is 44.6 Å². The number of nitrogens with zero attached hydrogens (tertiary/aromatic N) is 1. The Morgan fingerprint density at radius 2 is 0.925 bits per heavy atom. The molecule has 0 spiro atoms. The first-order valence-electron chi connectivity index (χ1n) is 13.5. The Morgan fingerprint density at radius 1 is 0.450 bits per heavy atom. The molecule has 0 N–H and O–H groups in total. The second-order valence-corrected chi connectivity index (χ2v) is 10.2. The van der Waals surface area contributed by atoms with Gasteiger partial charge in [0.2, 0.25) is 0 Å². The van der Waals surface area contributed by atoms with Crippen LogP contribution >= 0.6 is 0 Å². The van der Waals surface area contributed by atoms with E-state index in [1.807, 2.05) is 6.20 Å². The summed E-state index contributed by atoms with van der Waals surface area (Å²) in [4.78, 5) is 4.63. The number of aryl methyl sites for hydroxylation is 2. The Balaban J connectivity index is 1.17. The van der Waals surface area contributed by atoms with E-state index in [1.54, 1.807) is 0 Å². The van der Waals surface area contributed by atoms with Gasteiger partial charge >= 0.3 is 0 Å². The quantitative estimate of drug-likeness (QED) is 0.170. The van der Waals surface area contributed by atoms with Crippen LogP contribution in [0.2, 0.25) is 0 Å². The maximum Gasteiger partial charge on any atom is 0.0636 e. The summed E-state index contributed by atoms with van der Waals surface area (Å²) in [7, 11) is 0. The van der Waals surface area contributed by atoms with E-state index in [4.69, 9.17) is 0 Å². The molecular weight excluding hydrogens is 482 g/mol. The first-order valence-corrected chi connectivity index (χ1v) is 13.5. The molecule has 0 radical (unpaired) electrons. The Kier molecular flexibility index (Phi) is 7.08. The fourth-order valence-electron chi connectivity index (χ4n) is 4.65. The number of fused-ring (bicyclic) bond motifs is 2. The Bertz CT molecular complexity index is 1800. The van der Waals surface area contributed by atoms with Crippen molar-refractivity contribution in [1.82, 2.24) is 4.98 Å². The topological polar surface area (TPSA) is 12.9 Å². The fraction of sp³-hybridized carbons (Fsp3) is 0.0513. The lowest BCUT2D eigenvalue weighted by molar-refractivity contribution is 1.33. The third-order valence-electron chi connectivity index (χ3n) is 7.03. The third kappa shape index (κ3) is 6.09. The zero-order chi connectivity index (χ0) is 27.3. The molecule has 0 aliphatic heterocycles. The summed E-state index contributed by atoms with van der Waals surface area (Å²) in [5.41, 5.74) is 9.02. The molecule has 0 bridgehead atoms. The van der Waals surface area contributed by atoms with E-state index in [9.17, 15) is 0 Å². The molecule has 1 nitrogen and oxygen atoms in total. The van der Waals surface area contributed by atoms with E-state index in [1.165, 1.54) is 38.6 Å². The molecule has 40 heavy (non-hydrogen) atoms. The van der Waals surface area contributed by atoms with E-state index in [0.717, 1.165) is 27.6 Å². The zero-order valence-electron chi connectivity index (χ0n) is 22.7. The zero-order valence-corrected chi connectivity index (χ0v) is 22.7. The number of hydrogen-bond acceptors (Lipinski definition) is 1. The van der Waals surface area contributed by atoms with E-state index < -0.39 is 0 Å². The van der Waals surface area contributed by atoms with Gasteiger partial charge in [-0.1, -0.05) is 114 Å². The Labute approximate surface area is 236 Å². The summed E-state index contributed by atoms with van der Waals surface area (Å²) in [6.45, 7) is 4.21. The number of rotatable bonds is 4. The van der Waals surface area contributed by atoms with Crippen LogP contribution in [0.4, 0.5) is 0 Å². The predicted octanol–water partition coefficient (Wildman–Crippen LogP) is 9.75. The monoisotopic (exact) mass is 511 g/mol. The van der Waals surface area contributed by atoms with Crippen molar-refractivity contribution in [3.05, 3.63) is 160 Å². The molecule has 0 aliphatic rings. The molecule has 0 saturated carbocycles. The lowest BCUT2D eigenvalue weighted by Crippen LogP contribution is -1.84. The van der Waals surface area contributed by atoms with E-state index >= 15 is 0 Å². The second kappa shape index (κ2) is 11.3. The van der Waals surface area contributed by atoms with Crippen molar-refractivity contribution in [1.29, 1.82) is 0 Å². The van der Waals surface area contributed by atoms with Gasteiger partial charge in [-0.05, 0) is 89.2 Å². The molecule has 6 aromatic rings. The number of aromatic nitrogens is 1. The average Bonchev–Trinajstić information content (AvgIpc) is 2.99. The van der Waals surface area contributed by atoms with Crippen molar-refractivity contribution < 1.29 is 0 Å². The lowest BCUT2D eigenvalue weighted by Gasteiger charge is -2.02. The molecule has 1 aromatic heterocycles. The van der Waals surface area contributed by atoms with Crippen molar-refractivity contribution in [2.24, 2.45) is 0 Å². The Morgan fingerprint density at radius 3 is 1.57 bits per heavy atom. The summed E-state index contributed by atoms with van der Waals surface area (Å²) in [6.07, 6.45) is 10.4. The summed E-state index contributed by atoms with van der Waals surface area (Å²) < 4.78 is 0. The maximum absolute atomic E-state index is 4.63. The summed E-state index contributed by atoms with van der Waals surface area (Å²) in [5, 5.41) is 4.64. The second-order valence-electron chi connectivity index (χ2n) is 10.2. The van der Waals surface area contributed by atoms with Gasteiger partial charge in [0.25, 0.3) is 0 Å². The molecule has 1 heterocycles. The number of benzene rings is 5. The van der Waals surface area contributed by atoms with Gasteiger partial charge in [0, 0.05) is 22.7 Å². The summed E-state index contributed by atoms with van der Waals surface area (Å²) in [5.74, 6) is 6.68. The highest BCUT2D eigenvalue weighted by molar-refractivity contribution is 5.88. The molecule has 0 amide bonds. The molecular formula is C39H29N. The lowest BCUT2D eigenvalue weighted by atomic mass is 10.0. The minimum atomic E-state index is 0.942. The van der Waals surface area contributed by atoms with Crippen LogP contribution in [0.15, 0.2) is 115 Å². The molecule has 6 rings (SSSR count). The largest absolute Gasteiger partial charge is 0.256 e. The first-order chi connectivity index (χ1) is 19.6. The van der Waals surface area contributed by atoms with Crippen molar-refractivity contribution in [3.63, 3.8) is 0 Å². The summed E-state index contributed by atoms with van der Waals surface area (Å²) >= 11 is 0. The molecule has 1 heteroatoms. The fourth-order valence-corrected chi connectivity index (χ4v) is 4.65. The molecule has 0 atom stereocenters. The van der Waals surface area contributed by atoms with Gasteiger partial charge in [-0.15, -0.1) is 0 Å². The van der Waals surface area contributed by atoms with Gasteiger partial charge in [-0.3, -0.25) is 4.98 Å². The van der Waals surface area contributed by atoms with Crippen LogP contribution in [-0.4, -0.2) is 4.98 Å². The molecule has 0 aliphatic carbocycles. The maximum atomic E-state index is 4.63. The Hall–Kier alpha value is -5.19. The molecule has 0 fully saturated rings. The predicted molar refractivity (Wildman–Crippen MR) is 172 cm³/mol. The highest BCUT2D eigenvalue weighted by Crippen LogP contribution is 2.21. The first kappa shape index (κ1) is 25.1. The minimum absolute atomic E-state index is 0.942. The van der Waals surface area contributed by atoms with Crippen LogP contribution in [0.5, 0.6) is 0 Å². The molecule has 0 saturated heterocycles. The van der Waals surface area contributed by atoms with Gasteiger partial charge in [0.05, 0.1) is 5.69 Å². The van der Waals surface area contributed by atoms with E-state index in [2.05, 4.69) is 164 Å². The van der Waals surface area contributed by atoms with Gasteiger partial charge < -0.3 is 0 Å². The summed E-state index contributed by atoms with van der Waals surface area (Å²) in [6, 6.07) is 38.4. The van der Waals surface area contributed by atoms with Crippen molar-refractivity contribution >= 4 is 45.8 Å². The van der Waals surface area contributed by atoms with Gasteiger partial charge in [0.1, 0.15) is 0 Å². The van der Waals surface area contributed by atoms with Crippen LogP contribution in [0.25, 0.3) is 45.8 Å². The van der Waals surface area contributed by atoms with Crippen molar-refractivity contribution in [3.8, 4) is 11.8 Å². The van der Waals surface area contributed by atoms with Crippen molar-refractivity contribution in [2.45, 2.75) is 13.8 Å².